The fraction of sp³-hybridized carbons (Fsp3) is 0.424. The van der Waals surface area contributed by atoms with Gasteiger partial charge < -0.3 is 19.8 Å². The van der Waals surface area contributed by atoms with Crippen molar-refractivity contribution in [3.8, 4) is 0 Å². The van der Waals surface area contributed by atoms with Crippen molar-refractivity contribution in [2.45, 2.75) is 53.7 Å². The SMILES string of the molecule is C=CCN(Cc1ccccc1)C(=O)[C@H]1[C@@H]2SC3(CC2Br)C(C(=O)N(CC=C)c2c(C)cccc2Cl)N([C@H](C)CO)C(=O)[C@H]13. The molecule has 2 aromatic carbocycles. The standard InChI is InChI=1S/C33H37BrClN3O4S/c1-5-15-36(18-22-12-8-7-9-13-22)30(40)25-26-31(41)38(21(4)19-39)29(33(26)17-23(34)28(25)43-33)32(42)37(16-6-2)27-20(3)11-10-14-24(27)35/h5-14,21,23,25-26,28-29,39H,1-2,15-19H2,3-4H3/t21-,23?,25-,26+,28-,29?,33?/m1/s1. The molecule has 5 rings (SSSR count). The van der Waals surface area contributed by atoms with Crippen LogP contribution in [0.1, 0.15) is 24.5 Å². The first-order valence-corrected chi connectivity index (χ1v) is 16.6. The van der Waals surface area contributed by atoms with E-state index in [9.17, 15) is 19.5 Å². The minimum absolute atomic E-state index is 0.0765. The number of carbonyl (C=O) groups is 3. The highest BCUT2D eigenvalue weighted by molar-refractivity contribution is 9.09. The quantitative estimate of drug-likeness (QED) is 0.259. The van der Waals surface area contributed by atoms with Crippen LogP contribution in [0.3, 0.4) is 0 Å². The van der Waals surface area contributed by atoms with Crippen LogP contribution >= 0.6 is 39.3 Å². The van der Waals surface area contributed by atoms with Gasteiger partial charge in [0.05, 0.1) is 39.9 Å². The smallest absolute Gasteiger partial charge is 0.251 e. The Bertz CT molecular complexity index is 1410. The van der Waals surface area contributed by atoms with E-state index in [1.807, 2.05) is 49.4 Å². The van der Waals surface area contributed by atoms with Crippen LogP contribution in [0.25, 0.3) is 0 Å². The minimum atomic E-state index is -0.905. The summed E-state index contributed by atoms with van der Waals surface area (Å²) in [6.45, 7) is 12.0. The number of anilines is 1. The Morgan fingerprint density at radius 2 is 1.86 bits per heavy atom. The Morgan fingerprint density at radius 3 is 2.49 bits per heavy atom. The summed E-state index contributed by atoms with van der Waals surface area (Å²) in [5.74, 6) is -2.03. The number of aryl methyl sites for hydroxylation is 1. The number of carbonyl (C=O) groups excluding carboxylic acids is 3. The fourth-order valence-electron chi connectivity index (χ4n) is 7.13. The Morgan fingerprint density at radius 1 is 1.16 bits per heavy atom. The van der Waals surface area contributed by atoms with Crippen molar-refractivity contribution in [3.05, 3.63) is 90.0 Å². The van der Waals surface area contributed by atoms with Gasteiger partial charge in [0.1, 0.15) is 6.04 Å². The normalized spacial score (nSPS) is 28.0. The molecule has 43 heavy (non-hydrogen) atoms. The first kappa shape index (κ1) is 31.8. The fourth-order valence-corrected chi connectivity index (χ4v) is 11.0. The number of likely N-dealkylation sites (tertiary alicyclic amines) is 1. The number of fused-ring (bicyclic) bond motifs is 1. The van der Waals surface area contributed by atoms with Crippen LogP contribution < -0.4 is 4.90 Å². The molecule has 3 fully saturated rings. The van der Waals surface area contributed by atoms with E-state index in [2.05, 4.69) is 29.1 Å². The molecule has 2 aromatic rings. The predicted octanol–water partition coefficient (Wildman–Crippen LogP) is 5.23. The Kier molecular flexibility index (Phi) is 9.47. The monoisotopic (exact) mass is 685 g/mol. The number of para-hydroxylation sites is 1. The number of alkyl halides is 1. The second-order valence-electron chi connectivity index (χ2n) is 11.6. The number of amides is 3. The molecule has 228 valence electrons. The van der Waals surface area contributed by atoms with Crippen LogP contribution in [0, 0.1) is 18.8 Å². The number of aliphatic hydroxyl groups excluding tert-OH is 1. The number of hydrogen-bond donors (Lipinski definition) is 1. The van der Waals surface area contributed by atoms with Gasteiger partial charge in [-0.15, -0.1) is 24.9 Å². The van der Waals surface area contributed by atoms with Crippen LogP contribution in [0.4, 0.5) is 5.69 Å². The molecule has 3 heterocycles. The number of rotatable bonds is 11. The molecule has 1 N–H and O–H groups in total. The van der Waals surface area contributed by atoms with Gasteiger partial charge in [-0.1, -0.05) is 82.1 Å². The third kappa shape index (κ3) is 5.36. The minimum Gasteiger partial charge on any atom is -0.394 e. The molecule has 10 heteroatoms. The maximum Gasteiger partial charge on any atom is 0.251 e. The number of aliphatic hydroxyl groups is 1. The first-order valence-electron chi connectivity index (χ1n) is 14.5. The number of nitrogens with zero attached hydrogens (tertiary/aromatic N) is 3. The van der Waals surface area contributed by atoms with Gasteiger partial charge >= 0.3 is 0 Å². The van der Waals surface area contributed by atoms with Crippen LogP contribution in [0.5, 0.6) is 0 Å². The lowest BCUT2D eigenvalue weighted by Gasteiger charge is -2.39. The second kappa shape index (κ2) is 12.8. The zero-order valence-electron chi connectivity index (χ0n) is 24.4. The molecule has 0 saturated carbocycles. The van der Waals surface area contributed by atoms with Crippen molar-refractivity contribution >= 4 is 62.7 Å². The average molecular weight is 687 g/mol. The van der Waals surface area contributed by atoms with Crippen molar-refractivity contribution < 1.29 is 19.5 Å². The van der Waals surface area contributed by atoms with Crippen molar-refractivity contribution in [1.82, 2.24) is 9.80 Å². The zero-order valence-corrected chi connectivity index (χ0v) is 27.5. The lowest BCUT2D eigenvalue weighted by molar-refractivity contribution is -0.145. The van der Waals surface area contributed by atoms with Crippen LogP contribution in [-0.2, 0) is 20.9 Å². The number of thioether (sulfide) groups is 1. The van der Waals surface area contributed by atoms with E-state index < -0.39 is 28.7 Å². The van der Waals surface area contributed by atoms with Gasteiger partial charge in [0.15, 0.2) is 0 Å². The van der Waals surface area contributed by atoms with E-state index in [1.165, 1.54) is 0 Å². The lowest BCUT2D eigenvalue weighted by atomic mass is 9.70. The van der Waals surface area contributed by atoms with Crippen LogP contribution in [-0.4, -0.2) is 79.2 Å². The Hall–Kier alpha value is -2.59. The summed E-state index contributed by atoms with van der Waals surface area (Å²) in [5.41, 5.74) is 2.37. The molecule has 0 aromatic heterocycles. The molecule has 7 atom stereocenters. The van der Waals surface area contributed by atoms with Crippen molar-refractivity contribution in [1.29, 1.82) is 0 Å². The second-order valence-corrected chi connectivity index (χ2v) is 14.7. The van der Waals surface area contributed by atoms with Gasteiger partial charge in [-0.2, -0.15) is 0 Å². The summed E-state index contributed by atoms with van der Waals surface area (Å²) >= 11 is 12.1. The predicted molar refractivity (Wildman–Crippen MR) is 176 cm³/mol. The lowest BCUT2D eigenvalue weighted by Crippen LogP contribution is -2.57. The summed E-state index contributed by atoms with van der Waals surface area (Å²) in [5, 5.41) is 10.5. The van der Waals surface area contributed by atoms with E-state index in [0.717, 1.165) is 11.1 Å². The first-order chi connectivity index (χ1) is 20.6. The largest absolute Gasteiger partial charge is 0.394 e. The van der Waals surface area contributed by atoms with Gasteiger partial charge in [0.2, 0.25) is 11.8 Å². The summed E-state index contributed by atoms with van der Waals surface area (Å²) in [6, 6.07) is 13.7. The molecule has 3 aliphatic heterocycles. The highest BCUT2D eigenvalue weighted by Crippen LogP contribution is 2.68. The molecule has 3 amide bonds. The van der Waals surface area contributed by atoms with Crippen molar-refractivity contribution in [2.24, 2.45) is 11.8 Å². The molecule has 0 aliphatic carbocycles. The molecule has 3 saturated heterocycles. The highest BCUT2D eigenvalue weighted by Gasteiger charge is 2.76. The summed E-state index contributed by atoms with van der Waals surface area (Å²) in [4.78, 5) is 48.5. The summed E-state index contributed by atoms with van der Waals surface area (Å²) in [6.07, 6.45) is 3.88. The van der Waals surface area contributed by atoms with Gasteiger partial charge in [0.25, 0.3) is 5.91 Å². The molecule has 3 unspecified atom stereocenters. The van der Waals surface area contributed by atoms with E-state index >= 15 is 0 Å². The molecule has 0 radical (unpaired) electrons. The van der Waals surface area contributed by atoms with Crippen molar-refractivity contribution in [2.75, 3.05) is 24.6 Å². The number of hydrogen-bond acceptors (Lipinski definition) is 5. The number of halogens is 2. The third-order valence-electron chi connectivity index (χ3n) is 8.90. The maximum atomic E-state index is 14.8. The van der Waals surface area contributed by atoms with E-state index in [-0.39, 0.29) is 41.0 Å². The van der Waals surface area contributed by atoms with Gasteiger partial charge in [0, 0.05) is 29.7 Å². The maximum absolute atomic E-state index is 14.8. The van der Waals surface area contributed by atoms with Gasteiger partial charge in [-0.25, -0.2) is 0 Å². The molecule has 1 spiro atoms. The molecular formula is C33H37BrClN3O4S. The Balaban J connectivity index is 1.59. The molecule has 2 bridgehead atoms. The van der Waals surface area contributed by atoms with E-state index in [1.54, 1.807) is 51.6 Å². The average Bonchev–Trinajstić information content (AvgIpc) is 3.59. The highest BCUT2D eigenvalue weighted by atomic mass is 79.9. The molecule has 7 nitrogen and oxygen atoms in total. The van der Waals surface area contributed by atoms with Gasteiger partial charge in [-0.05, 0) is 37.5 Å². The number of benzene rings is 2. The van der Waals surface area contributed by atoms with Crippen LogP contribution in [0.2, 0.25) is 5.02 Å². The van der Waals surface area contributed by atoms with Crippen LogP contribution in [0.15, 0.2) is 73.8 Å². The molecular weight excluding hydrogens is 650 g/mol. The third-order valence-corrected chi connectivity index (χ3v) is 12.4. The Labute approximate surface area is 271 Å². The summed E-state index contributed by atoms with van der Waals surface area (Å²) in [7, 11) is 0. The van der Waals surface area contributed by atoms with Gasteiger partial charge in [-0.3, -0.25) is 14.4 Å². The topological polar surface area (TPSA) is 81.2 Å². The van der Waals surface area contributed by atoms with E-state index in [0.29, 0.717) is 30.2 Å². The molecule has 3 aliphatic rings. The van der Waals surface area contributed by atoms with Crippen molar-refractivity contribution in [3.63, 3.8) is 0 Å². The zero-order chi connectivity index (χ0) is 31.1. The van der Waals surface area contributed by atoms with E-state index in [4.69, 9.17) is 11.6 Å². The summed E-state index contributed by atoms with van der Waals surface area (Å²) < 4.78 is -0.863.